The van der Waals surface area contributed by atoms with Gasteiger partial charge in [-0.1, -0.05) is 92.1 Å². The number of aliphatic imine (C=N–C) groups is 3. The Kier molecular flexibility index (Phi) is 16.0. The molecule has 0 aromatic heterocycles. The number of carbonyl (C=O) groups excluding carboxylic acids is 3. The fourth-order valence-corrected chi connectivity index (χ4v) is 10.1. The molecule has 0 aromatic carbocycles. The molecule has 10 heteroatoms. The van der Waals surface area contributed by atoms with Gasteiger partial charge in [0.25, 0.3) is 0 Å². The first-order valence-electron chi connectivity index (χ1n) is 23.9. The maximum absolute atomic E-state index is 14.4. The fraction of sp³-hybridized carbons (Fsp3) is 0.556. The third-order valence-electron chi connectivity index (χ3n) is 14.2. The summed E-state index contributed by atoms with van der Waals surface area (Å²) in [6, 6.07) is 0. The van der Waals surface area contributed by atoms with Crippen LogP contribution in [0.15, 0.2) is 119 Å². The van der Waals surface area contributed by atoms with E-state index < -0.39 is 11.9 Å². The number of ketones is 1. The Morgan fingerprint density at radius 3 is 2.17 bits per heavy atom. The lowest BCUT2D eigenvalue weighted by Crippen LogP contribution is -2.26. The number of aliphatic hydroxyl groups is 1. The van der Waals surface area contributed by atoms with E-state index in [-0.39, 0.29) is 36.6 Å². The minimum absolute atomic E-state index is 0.137. The van der Waals surface area contributed by atoms with Gasteiger partial charge in [-0.15, -0.1) is 0 Å². The van der Waals surface area contributed by atoms with Crippen molar-refractivity contribution in [3.63, 3.8) is 0 Å². The lowest BCUT2D eigenvalue weighted by Gasteiger charge is -2.19. The van der Waals surface area contributed by atoms with E-state index in [9.17, 15) is 19.5 Å². The zero-order valence-electron chi connectivity index (χ0n) is 40.4. The van der Waals surface area contributed by atoms with Crippen LogP contribution in [0, 0.1) is 35.5 Å². The molecule has 2 N–H and O–H groups in total. The predicted octanol–water partition coefficient (Wildman–Crippen LogP) is 12.0. The van der Waals surface area contributed by atoms with Gasteiger partial charge in [-0.3, -0.25) is 14.4 Å². The van der Waals surface area contributed by atoms with Crippen LogP contribution >= 0.6 is 0 Å². The van der Waals surface area contributed by atoms with Crippen molar-refractivity contribution in [2.24, 2.45) is 50.5 Å². The van der Waals surface area contributed by atoms with Crippen molar-refractivity contribution >= 4 is 34.9 Å². The standard InChI is InChI=1S/C54H72N4O6/c1-12-38-34(7)42-27-46-40(29-59)36(9)41(56-46)26-43-35(8)39(51(57-43)49-50(54(62)63-11)53(61)48-37(10)44(58-52(48)49)28-45(38)55-42)22-23-47(60)64-25-24-33(6)21-15-20-32(5)19-14-18-31(4)17-13-16-30(2)3/h24,26-32,35,39,50,57,59H,12-23,25H2,1-11H3/b33-24-,40-29-,42-27?,43-26?,44-28?,51-49?/t31?,32?,35-,39-,50?/m0/s1. The molecule has 8 bridgehead atoms. The van der Waals surface area contributed by atoms with E-state index in [0.29, 0.717) is 63.1 Å². The summed E-state index contributed by atoms with van der Waals surface area (Å²) in [5, 5.41) is 14.0. The third kappa shape index (κ3) is 10.5. The first-order valence-corrected chi connectivity index (χ1v) is 23.9. The van der Waals surface area contributed by atoms with Gasteiger partial charge in [0, 0.05) is 46.4 Å². The Balaban J connectivity index is 1.20. The summed E-state index contributed by atoms with van der Waals surface area (Å²) in [4.78, 5) is 56.4. The molecule has 5 atom stereocenters. The van der Waals surface area contributed by atoms with Crippen molar-refractivity contribution in [3.8, 4) is 0 Å². The minimum atomic E-state index is -1.21. The number of nitrogens with one attached hydrogen (secondary N) is 1. The van der Waals surface area contributed by atoms with Gasteiger partial charge in [0.2, 0.25) is 0 Å². The molecule has 5 heterocycles. The van der Waals surface area contributed by atoms with Crippen LogP contribution in [0.2, 0.25) is 0 Å². The highest BCUT2D eigenvalue weighted by molar-refractivity contribution is 6.42. The van der Waals surface area contributed by atoms with Gasteiger partial charge in [-0.05, 0) is 118 Å². The van der Waals surface area contributed by atoms with Crippen LogP contribution in [0.1, 0.15) is 146 Å². The van der Waals surface area contributed by atoms with Gasteiger partial charge >= 0.3 is 11.9 Å². The number of fused-ring (bicyclic) bond motifs is 5. The van der Waals surface area contributed by atoms with Gasteiger partial charge < -0.3 is 19.9 Å². The molecule has 5 aliphatic heterocycles. The van der Waals surface area contributed by atoms with E-state index >= 15 is 0 Å². The number of carbonyl (C=O) groups is 3. The molecule has 0 aromatic rings. The van der Waals surface area contributed by atoms with Gasteiger partial charge in [0.15, 0.2) is 5.78 Å². The first-order chi connectivity index (χ1) is 30.6. The summed E-state index contributed by atoms with van der Waals surface area (Å²) >= 11 is 0. The van der Waals surface area contributed by atoms with Crippen LogP contribution in [0.4, 0.5) is 0 Å². The number of hydrogen-bond donors (Lipinski definition) is 2. The molecule has 0 radical (unpaired) electrons. The smallest absolute Gasteiger partial charge is 0.321 e. The van der Waals surface area contributed by atoms with Crippen molar-refractivity contribution in [1.29, 1.82) is 0 Å². The zero-order valence-corrected chi connectivity index (χ0v) is 40.4. The largest absolute Gasteiger partial charge is 0.515 e. The molecular formula is C54H72N4O6. The molecular weight excluding hydrogens is 801 g/mol. The number of Topliss-reactive ketones (excluding diaryl/α,β-unsaturated/α-hetero) is 1. The summed E-state index contributed by atoms with van der Waals surface area (Å²) in [6.07, 6.45) is 21.4. The second-order valence-corrected chi connectivity index (χ2v) is 19.4. The Morgan fingerprint density at radius 2 is 1.52 bits per heavy atom. The zero-order chi connectivity index (χ0) is 46.4. The van der Waals surface area contributed by atoms with Crippen LogP contribution < -0.4 is 5.32 Å². The SMILES string of the molecule is CCC1=C(C)C2=CC3=NC(=C(C)/C3=C/O)C=C3NC(=C4C5=NC(=CC1=N2)C(C)=C5C(=O)C4C(=O)OC)[C@@H](CCC(=O)OC/C=C(/C)CCCC(C)CCCC(C)CCCC(C)C)[C@@H]3C. The molecule has 1 saturated carbocycles. The topological polar surface area (TPSA) is 139 Å². The summed E-state index contributed by atoms with van der Waals surface area (Å²) in [5.74, 6) is -0.697. The Hall–Kier alpha value is -5.12. The molecule has 1 saturated heterocycles. The molecule has 10 nitrogen and oxygen atoms in total. The first kappa shape index (κ1) is 48.3. The maximum Gasteiger partial charge on any atom is 0.321 e. The maximum atomic E-state index is 14.4. The number of aliphatic hydroxyl groups excluding tert-OH is 1. The van der Waals surface area contributed by atoms with Gasteiger partial charge in [-0.2, -0.15) is 0 Å². The molecule has 0 amide bonds. The highest BCUT2D eigenvalue weighted by Gasteiger charge is 2.52. The Morgan fingerprint density at radius 1 is 0.859 bits per heavy atom. The second kappa shape index (κ2) is 21.2. The highest BCUT2D eigenvalue weighted by Crippen LogP contribution is 2.47. The Labute approximate surface area is 382 Å². The Bertz CT molecular complexity index is 2300. The van der Waals surface area contributed by atoms with Gasteiger partial charge in [-0.25, -0.2) is 15.0 Å². The van der Waals surface area contributed by atoms with E-state index in [1.165, 1.54) is 57.6 Å². The summed E-state index contributed by atoms with van der Waals surface area (Å²) in [7, 11) is 1.29. The van der Waals surface area contributed by atoms with Crippen LogP contribution in [0.3, 0.4) is 0 Å². The number of nitrogens with zero attached hydrogens (tertiary/aromatic N) is 3. The van der Waals surface area contributed by atoms with Crippen LogP contribution in [0.5, 0.6) is 0 Å². The molecule has 2 fully saturated rings. The lowest BCUT2D eigenvalue weighted by molar-refractivity contribution is -0.146. The molecule has 3 unspecified atom stereocenters. The van der Waals surface area contributed by atoms with Crippen LogP contribution in [-0.2, 0) is 23.9 Å². The average molecular weight is 873 g/mol. The molecule has 0 spiro atoms. The van der Waals surface area contributed by atoms with Crippen LogP contribution in [0.25, 0.3) is 0 Å². The van der Waals surface area contributed by atoms with Crippen molar-refractivity contribution in [2.45, 2.75) is 146 Å². The minimum Gasteiger partial charge on any atom is -0.515 e. The average Bonchev–Trinajstić information content (AvgIpc) is 3.99. The third-order valence-corrected chi connectivity index (χ3v) is 14.2. The van der Waals surface area contributed by atoms with Crippen LogP contribution in [-0.4, -0.2) is 53.7 Å². The van der Waals surface area contributed by atoms with E-state index in [1.54, 1.807) is 0 Å². The predicted molar refractivity (Wildman–Crippen MR) is 258 cm³/mol. The highest BCUT2D eigenvalue weighted by atomic mass is 16.5. The van der Waals surface area contributed by atoms with Gasteiger partial charge in [0.05, 0.1) is 47.6 Å². The summed E-state index contributed by atoms with van der Waals surface area (Å²) in [6.45, 7) is 21.7. The number of rotatable bonds is 19. The van der Waals surface area contributed by atoms with E-state index in [1.807, 2.05) is 45.1 Å². The number of ether oxygens (including phenoxy) is 2. The molecule has 6 aliphatic rings. The number of allylic oxidation sites excluding steroid dienone is 12. The number of hydrogen-bond acceptors (Lipinski definition) is 10. The van der Waals surface area contributed by atoms with Crippen molar-refractivity contribution in [1.82, 2.24) is 5.32 Å². The van der Waals surface area contributed by atoms with Crippen molar-refractivity contribution in [2.75, 3.05) is 13.7 Å². The quantitative estimate of drug-likeness (QED) is 0.0570. The van der Waals surface area contributed by atoms with Gasteiger partial charge in [0.1, 0.15) is 12.5 Å². The monoisotopic (exact) mass is 873 g/mol. The normalized spacial score (nSPS) is 23.4. The molecule has 64 heavy (non-hydrogen) atoms. The number of methoxy groups -OCH3 is 1. The lowest BCUT2D eigenvalue weighted by atomic mass is 9.85. The second-order valence-electron chi connectivity index (χ2n) is 19.4. The van der Waals surface area contributed by atoms with E-state index in [2.05, 4.69) is 53.8 Å². The van der Waals surface area contributed by atoms with E-state index in [4.69, 9.17) is 24.5 Å². The van der Waals surface area contributed by atoms with Crippen molar-refractivity contribution < 1.29 is 29.0 Å². The fourth-order valence-electron chi connectivity index (χ4n) is 10.1. The summed E-state index contributed by atoms with van der Waals surface area (Å²) < 4.78 is 11.0. The molecule has 344 valence electrons. The van der Waals surface area contributed by atoms with Crippen molar-refractivity contribution in [3.05, 3.63) is 104 Å². The van der Waals surface area contributed by atoms with E-state index in [0.717, 1.165) is 71.2 Å². The number of esters is 2. The molecule has 6 rings (SSSR count). The summed E-state index contributed by atoms with van der Waals surface area (Å²) in [5.41, 5.74) is 11.5. The molecule has 1 aliphatic carbocycles.